The number of aromatic nitrogens is 2. The van der Waals surface area contributed by atoms with Gasteiger partial charge in [0.1, 0.15) is 5.82 Å². The van der Waals surface area contributed by atoms with Gasteiger partial charge in [-0.15, -0.1) is 0 Å². The van der Waals surface area contributed by atoms with Crippen molar-refractivity contribution >= 4 is 17.5 Å². The molecule has 0 aliphatic heterocycles. The number of rotatable bonds is 5. The summed E-state index contributed by atoms with van der Waals surface area (Å²) in [6, 6.07) is 10.1. The molecular formula is C15H20N4. The normalized spacial score (nSPS) is 10.3. The van der Waals surface area contributed by atoms with Crippen LogP contribution in [0.4, 0.5) is 17.5 Å². The minimum absolute atomic E-state index is 0.679. The molecule has 2 aromatic rings. The maximum absolute atomic E-state index is 4.47. The Morgan fingerprint density at radius 2 is 1.89 bits per heavy atom. The highest BCUT2D eigenvalue weighted by molar-refractivity contribution is 5.61. The van der Waals surface area contributed by atoms with Crippen molar-refractivity contribution in [3.63, 3.8) is 0 Å². The summed E-state index contributed by atoms with van der Waals surface area (Å²) in [4.78, 5) is 8.85. The number of nitrogens with zero attached hydrogens (tertiary/aromatic N) is 2. The summed E-state index contributed by atoms with van der Waals surface area (Å²) in [6.45, 7) is 7.05. The molecule has 0 saturated heterocycles. The van der Waals surface area contributed by atoms with E-state index in [9.17, 15) is 0 Å². The lowest BCUT2D eigenvalue weighted by molar-refractivity contribution is 0.947. The third kappa shape index (κ3) is 3.68. The Bertz CT molecular complexity index is 552. The summed E-state index contributed by atoms with van der Waals surface area (Å²) in [5.41, 5.74) is 3.22. The minimum Gasteiger partial charge on any atom is -0.354 e. The highest BCUT2D eigenvalue weighted by Crippen LogP contribution is 2.19. The van der Waals surface area contributed by atoms with Gasteiger partial charge in [-0.25, -0.2) is 4.98 Å². The predicted octanol–water partition coefficient (Wildman–Crippen LogP) is 3.66. The van der Waals surface area contributed by atoms with Gasteiger partial charge in [0.25, 0.3) is 0 Å². The maximum atomic E-state index is 4.47. The number of aryl methyl sites for hydroxylation is 2. The van der Waals surface area contributed by atoms with Crippen LogP contribution in [0.2, 0.25) is 0 Å². The fourth-order valence-electron chi connectivity index (χ4n) is 1.80. The van der Waals surface area contributed by atoms with Gasteiger partial charge in [-0.05, 0) is 31.9 Å². The van der Waals surface area contributed by atoms with Crippen molar-refractivity contribution in [3.05, 3.63) is 41.6 Å². The third-order valence-electron chi connectivity index (χ3n) is 2.80. The van der Waals surface area contributed by atoms with Crippen molar-refractivity contribution in [1.82, 2.24) is 9.97 Å². The minimum atomic E-state index is 0.679. The Kier molecular flexibility index (Phi) is 4.34. The van der Waals surface area contributed by atoms with Crippen LogP contribution in [0.1, 0.15) is 24.6 Å². The standard InChI is InChI=1S/C15H20N4/c1-4-9-16-15-17-12(3)10-14(19-15)18-13-8-6-5-7-11(13)2/h5-8,10H,4,9H2,1-3H3,(H2,16,17,18,19). The monoisotopic (exact) mass is 256 g/mol. The van der Waals surface area contributed by atoms with Crippen LogP contribution in [0.25, 0.3) is 0 Å². The Morgan fingerprint density at radius 3 is 2.63 bits per heavy atom. The molecule has 1 aromatic heterocycles. The van der Waals surface area contributed by atoms with E-state index in [4.69, 9.17) is 0 Å². The van der Waals surface area contributed by atoms with E-state index in [1.54, 1.807) is 0 Å². The van der Waals surface area contributed by atoms with Gasteiger partial charge in [0.05, 0.1) is 0 Å². The average Bonchev–Trinajstić information content (AvgIpc) is 2.38. The van der Waals surface area contributed by atoms with Crippen LogP contribution in [-0.4, -0.2) is 16.5 Å². The second-order valence-corrected chi connectivity index (χ2v) is 4.58. The molecule has 0 unspecified atom stereocenters. The molecular weight excluding hydrogens is 236 g/mol. The van der Waals surface area contributed by atoms with Crippen LogP contribution in [0, 0.1) is 13.8 Å². The SMILES string of the molecule is CCCNc1nc(C)cc(Nc2ccccc2C)n1. The first-order valence-electron chi connectivity index (χ1n) is 6.61. The van der Waals surface area contributed by atoms with E-state index in [2.05, 4.69) is 40.5 Å². The van der Waals surface area contributed by atoms with Gasteiger partial charge in [-0.2, -0.15) is 4.98 Å². The molecule has 0 saturated carbocycles. The van der Waals surface area contributed by atoms with E-state index >= 15 is 0 Å². The van der Waals surface area contributed by atoms with Crippen molar-refractivity contribution in [2.24, 2.45) is 0 Å². The molecule has 4 nitrogen and oxygen atoms in total. The Morgan fingerprint density at radius 1 is 1.11 bits per heavy atom. The molecule has 2 N–H and O–H groups in total. The molecule has 0 amide bonds. The van der Waals surface area contributed by atoms with Crippen LogP contribution in [0.5, 0.6) is 0 Å². The van der Waals surface area contributed by atoms with Gasteiger partial charge in [-0.1, -0.05) is 25.1 Å². The molecule has 0 aliphatic carbocycles. The maximum Gasteiger partial charge on any atom is 0.224 e. The van der Waals surface area contributed by atoms with Gasteiger partial charge < -0.3 is 10.6 Å². The zero-order valence-corrected chi connectivity index (χ0v) is 11.7. The van der Waals surface area contributed by atoms with E-state index < -0.39 is 0 Å². The fraction of sp³-hybridized carbons (Fsp3) is 0.333. The lowest BCUT2D eigenvalue weighted by atomic mass is 10.2. The Labute approximate surface area is 114 Å². The lowest BCUT2D eigenvalue weighted by Gasteiger charge is -2.11. The molecule has 1 heterocycles. The number of hydrogen-bond donors (Lipinski definition) is 2. The van der Waals surface area contributed by atoms with E-state index in [1.807, 2.05) is 31.2 Å². The van der Waals surface area contributed by atoms with Crippen molar-refractivity contribution in [3.8, 4) is 0 Å². The van der Waals surface area contributed by atoms with Crippen molar-refractivity contribution < 1.29 is 0 Å². The predicted molar refractivity (Wildman–Crippen MR) is 80.0 cm³/mol. The van der Waals surface area contributed by atoms with Crippen LogP contribution in [0.15, 0.2) is 30.3 Å². The van der Waals surface area contributed by atoms with E-state index in [0.717, 1.165) is 30.2 Å². The van der Waals surface area contributed by atoms with E-state index in [1.165, 1.54) is 5.56 Å². The molecule has 0 radical (unpaired) electrons. The molecule has 0 aliphatic rings. The molecule has 0 bridgehead atoms. The second-order valence-electron chi connectivity index (χ2n) is 4.58. The molecule has 19 heavy (non-hydrogen) atoms. The number of para-hydroxylation sites is 1. The van der Waals surface area contributed by atoms with Crippen LogP contribution in [-0.2, 0) is 0 Å². The number of anilines is 3. The molecule has 0 atom stereocenters. The number of benzene rings is 1. The largest absolute Gasteiger partial charge is 0.354 e. The first kappa shape index (κ1) is 13.3. The van der Waals surface area contributed by atoms with Crippen molar-refractivity contribution in [2.75, 3.05) is 17.2 Å². The molecule has 4 heteroatoms. The average molecular weight is 256 g/mol. The van der Waals surface area contributed by atoms with Gasteiger partial charge in [0.15, 0.2) is 0 Å². The van der Waals surface area contributed by atoms with Crippen LogP contribution < -0.4 is 10.6 Å². The van der Waals surface area contributed by atoms with Gasteiger partial charge in [0, 0.05) is 24.0 Å². The Hall–Kier alpha value is -2.10. The van der Waals surface area contributed by atoms with Crippen molar-refractivity contribution in [2.45, 2.75) is 27.2 Å². The Balaban J connectivity index is 2.20. The first-order valence-corrected chi connectivity index (χ1v) is 6.61. The van der Waals surface area contributed by atoms with Gasteiger partial charge in [0.2, 0.25) is 5.95 Å². The highest BCUT2D eigenvalue weighted by atomic mass is 15.1. The van der Waals surface area contributed by atoms with Gasteiger partial charge >= 0.3 is 0 Å². The highest BCUT2D eigenvalue weighted by Gasteiger charge is 2.03. The summed E-state index contributed by atoms with van der Waals surface area (Å²) in [5, 5.41) is 6.55. The zero-order valence-electron chi connectivity index (χ0n) is 11.7. The second kappa shape index (κ2) is 6.18. The number of hydrogen-bond acceptors (Lipinski definition) is 4. The van der Waals surface area contributed by atoms with E-state index in [-0.39, 0.29) is 0 Å². The summed E-state index contributed by atoms with van der Waals surface area (Å²) >= 11 is 0. The smallest absolute Gasteiger partial charge is 0.224 e. The summed E-state index contributed by atoms with van der Waals surface area (Å²) < 4.78 is 0. The van der Waals surface area contributed by atoms with E-state index in [0.29, 0.717) is 5.95 Å². The molecule has 0 spiro atoms. The number of nitrogens with one attached hydrogen (secondary N) is 2. The van der Waals surface area contributed by atoms with Crippen LogP contribution in [0.3, 0.4) is 0 Å². The molecule has 2 rings (SSSR count). The summed E-state index contributed by atoms with van der Waals surface area (Å²) in [6.07, 6.45) is 1.05. The molecule has 100 valence electrons. The summed E-state index contributed by atoms with van der Waals surface area (Å²) in [7, 11) is 0. The first-order chi connectivity index (χ1) is 9.19. The quantitative estimate of drug-likeness (QED) is 0.857. The van der Waals surface area contributed by atoms with Crippen LogP contribution >= 0.6 is 0 Å². The lowest BCUT2D eigenvalue weighted by Crippen LogP contribution is -2.07. The molecule has 1 aromatic carbocycles. The van der Waals surface area contributed by atoms with Gasteiger partial charge in [-0.3, -0.25) is 0 Å². The zero-order chi connectivity index (χ0) is 13.7. The molecule has 0 fully saturated rings. The summed E-state index contributed by atoms with van der Waals surface area (Å²) in [5.74, 6) is 1.50. The fourth-order valence-corrected chi connectivity index (χ4v) is 1.80. The van der Waals surface area contributed by atoms with Crippen molar-refractivity contribution in [1.29, 1.82) is 0 Å². The topological polar surface area (TPSA) is 49.8 Å². The third-order valence-corrected chi connectivity index (χ3v) is 2.80.